The Morgan fingerprint density at radius 3 is 1.84 bits per heavy atom. The predicted octanol–water partition coefficient (Wildman–Crippen LogP) is 8.82. The van der Waals surface area contributed by atoms with Crippen LogP contribution in [0.1, 0.15) is 37.7 Å². The van der Waals surface area contributed by atoms with Crippen LogP contribution >= 0.6 is 0 Å². The molecule has 3 heteroatoms. The van der Waals surface area contributed by atoms with E-state index in [-0.39, 0.29) is 0 Å². The lowest BCUT2D eigenvalue weighted by molar-refractivity contribution is 0.0890. The van der Waals surface area contributed by atoms with E-state index >= 15 is 0 Å². The number of fused-ring (bicyclic) bond motifs is 1. The van der Waals surface area contributed by atoms with Crippen molar-refractivity contribution in [1.82, 2.24) is 0 Å². The maximum Gasteiger partial charge on any atom is 0.120 e. The highest BCUT2D eigenvalue weighted by molar-refractivity contribution is 5.85. The predicted molar refractivity (Wildman–Crippen MR) is 158 cm³/mol. The highest BCUT2D eigenvalue weighted by Crippen LogP contribution is 2.27. The van der Waals surface area contributed by atoms with E-state index in [4.69, 9.17) is 14.2 Å². The zero-order chi connectivity index (χ0) is 26.1. The third kappa shape index (κ3) is 10.1. The van der Waals surface area contributed by atoms with Gasteiger partial charge in [0.1, 0.15) is 18.1 Å². The van der Waals surface area contributed by atoms with Crippen molar-refractivity contribution >= 4 is 10.8 Å². The molecule has 0 heterocycles. The Morgan fingerprint density at radius 2 is 1.18 bits per heavy atom. The molecule has 197 valence electrons. The van der Waals surface area contributed by atoms with Gasteiger partial charge in [0.15, 0.2) is 0 Å². The maximum atomic E-state index is 6.06. The number of hydrogen-bond acceptors (Lipinski definition) is 3. The van der Waals surface area contributed by atoms with E-state index in [0.717, 1.165) is 29.4 Å². The molecule has 3 aromatic rings. The van der Waals surface area contributed by atoms with Crippen molar-refractivity contribution in [2.24, 2.45) is 5.92 Å². The summed E-state index contributed by atoms with van der Waals surface area (Å²) in [4.78, 5) is 0. The second-order valence-electron chi connectivity index (χ2n) is 9.60. The molecule has 0 aliphatic heterocycles. The van der Waals surface area contributed by atoms with E-state index in [0.29, 0.717) is 19.8 Å². The van der Waals surface area contributed by atoms with Gasteiger partial charge in [-0.05, 0) is 59.4 Å². The van der Waals surface area contributed by atoms with Crippen molar-refractivity contribution in [3.63, 3.8) is 0 Å². The Labute approximate surface area is 228 Å². The normalized spacial score (nSPS) is 18.6. The van der Waals surface area contributed by atoms with Crippen molar-refractivity contribution < 1.29 is 14.2 Å². The minimum absolute atomic E-state index is 0.543. The lowest BCUT2D eigenvalue weighted by Gasteiger charge is -2.21. The van der Waals surface area contributed by atoms with Crippen LogP contribution in [0.15, 0.2) is 115 Å². The van der Waals surface area contributed by atoms with Crippen LogP contribution in [0.3, 0.4) is 0 Å². The van der Waals surface area contributed by atoms with Crippen molar-refractivity contribution in [1.29, 1.82) is 0 Å². The maximum absolute atomic E-state index is 6.06. The van der Waals surface area contributed by atoms with Crippen LogP contribution in [0.2, 0.25) is 0 Å². The third-order valence-electron chi connectivity index (χ3n) is 6.60. The van der Waals surface area contributed by atoms with Gasteiger partial charge in [0, 0.05) is 6.42 Å². The lowest BCUT2D eigenvalue weighted by atomic mass is 9.90. The van der Waals surface area contributed by atoms with Gasteiger partial charge in [0.2, 0.25) is 0 Å². The first-order valence-corrected chi connectivity index (χ1v) is 13.8. The molecule has 0 spiro atoms. The molecule has 1 radical (unpaired) electrons. The van der Waals surface area contributed by atoms with Gasteiger partial charge in [-0.2, -0.15) is 0 Å². The molecule has 2 aliphatic carbocycles. The van der Waals surface area contributed by atoms with Crippen molar-refractivity contribution in [2.45, 2.75) is 38.7 Å². The molecule has 0 N–H and O–H groups in total. The standard InChI is InChI=1S/C26H30O3.C9H9/c1-3-7-21(8-4-1)19-27-15-16-28-25-13-11-24-18-26(14-12-23(24)17-25)29-20-22-9-5-2-6-10-22;1-2-4-6-8-9-7-5-3-1/h1,3-4,7-8,11-14,17-18,22H,2,5-6,9-10,15-16,19-20H2;1-9H/b;2-1-,5-3-,6-4-,9-7-. The fourth-order valence-corrected chi connectivity index (χ4v) is 4.51. The monoisotopic (exact) mass is 507 g/mol. The Kier molecular flexibility index (Phi) is 11.8. The average Bonchev–Trinajstić information content (AvgIpc) is 3.14. The molecule has 0 saturated heterocycles. The summed E-state index contributed by atoms with van der Waals surface area (Å²) >= 11 is 0. The van der Waals surface area contributed by atoms with Crippen LogP contribution in [0.25, 0.3) is 10.8 Å². The molecule has 1 fully saturated rings. The van der Waals surface area contributed by atoms with Gasteiger partial charge >= 0.3 is 0 Å². The van der Waals surface area contributed by atoms with Crippen molar-refractivity contribution in [3.05, 3.63) is 127 Å². The number of hydrogen-bond donors (Lipinski definition) is 0. The molecule has 0 bridgehead atoms. The van der Waals surface area contributed by atoms with E-state index in [9.17, 15) is 0 Å². The fraction of sp³-hybridized carbons (Fsp3) is 0.286. The molecule has 2 aliphatic rings. The van der Waals surface area contributed by atoms with E-state index in [1.165, 1.54) is 43.1 Å². The number of ether oxygens (including phenoxy) is 3. The lowest BCUT2D eigenvalue weighted by Crippen LogP contribution is -2.15. The second kappa shape index (κ2) is 16.3. The second-order valence-corrected chi connectivity index (χ2v) is 9.60. The highest BCUT2D eigenvalue weighted by Gasteiger charge is 2.14. The SMILES string of the molecule is [CH]1\C=C/C=C\C=C/C=C\1.c1ccc(COCCOc2ccc3cc(OCC4CCCCC4)ccc3c2)cc1. The molecule has 0 aromatic heterocycles. The average molecular weight is 508 g/mol. The van der Waals surface area contributed by atoms with Crippen molar-refractivity contribution in [3.8, 4) is 11.5 Å². The van der Waals surface area contributed by atoms with Crippen LogP contribution in [0.5, 0.6) is 11.5 Å². The Balaban J connectivity index is 0.000000317. The zero-order valence-electron chi connectivity index (χ0n) is 22.2. The van der Waals surface area contributed by atoms with E-state index < -0.39 is 0 Å². The van der Waals surface area contributed by atoms with Gasteiger partial charge in [-0.3, -0.25) is 0 Å². The molecule has 0 unspecified atom stereocenters. The van der Waals surface area contributed by atoms with Crippen molar-refractivity contribution in [2.75, 3.05) is 19.8 Å². The molecule has 0 atom stereocenters. The molecular formula is C35H39O3. The Hall–Kier alpha value is -3.56. The molecule has 5 rings (SSSR count). The Bertz CT molecular complexity index is 1180. The van der Waals surface area contributed by atoms with Gasteiger partial charge in [0.05, 0.1) is 19.8 Å². The van der Waals surface area contributed by atoms with Gasteiger partial charge < -0.3 is 14.2 Å². The van der Waals surface area contributed by atoms with Gasteiger partial charge in [0.25, 0.3) is 0 Å². The first-order chi connectivity index (χ1) is 18.9. The molecular weight excluding hydrogens is 468 g/mol. The highest BCUT2D eigenvalue weighted by atomic mass is 16.5. The summed E-state index contributed by atoms with van der Waals surface area (Å²) in [7, 11) is 0. The summed E-state index contributed by atoms with van der Waals surface area (Å²) in [6, 6.07) is 22.7. The van der Waals surface area contributed by atoms with Gasteiger partial charge in [-0.1, -0.05) is 110 Å². The summed E-state index contributed by atoms with van der Waals surface area (Å²) in [6.45, 7) is 2.57. The molecule has 38 heavy (non-hydrogen) atoms. The van der Waals surface area contributed by atoms with Crippen LogP contribution in [-0.4, -0.2) is 19.8 Å². The topological polar surface area (TPSA) is 27.7 Å². The number of allylic oxidation sites excluding steroid dienone is 8. The van der Waals surface area contributed by atoms with Gasteiger partial charge in [-0.15, -0.1) is 0 Å². The van der Waals surface area contributed by atoms with E-state index in [2.05, 4.69) is 42.5 Å². The number of benzene rings is 3. The van der Waals surface area contributed by atoms with Crippen LogP contribution in [0.4, 0.5) is 0 Å². The molecule has 3 aromatic carbocycles. The summed E-state index contributed by atoms with van der Waals surface area (Å²) in [5, 5.41) is 2.34. The summed E-state index contributed by atoms with van der Waals surface area (Å²) in [5.41, 5.74) is 1.18. The summed E-state index contributed by atoms with van der Waals surface area (Å²) < 4.78 is 17.6. The first-order valence-electron chi connectivity index (χ1n) is 13.8. The minimum Gasteiger partial charge on any atom is -0.493 e. The third-order valence-corrected chi connectivity index (χ3v) is 6.60. The molecule has 1 saturated carbocycles. The summed E-state index contributed by atoms with van der Waals surface area (Å²) in [5.74, 6) is 2.56. The smallest absolute Gasteiger partial charge is 0.120 e. The summed E-state index contributed by atoms with van der Waals surface area (Å²) in [6.07, 6.45) is 24.7. The van der Waals surface area contributed by atoms with Crippen LogP contribution < -0.4 is 9.47 Å². The molecule has 3 nitrogen and oxygen atoms in total. The van der Waals surface area contributed by atoms with Crippen LogP contribution in [-0.2, 0) is 11.3 Å². The zero-order valence-corrected chi connectivity index (χ0v) is 22.2. The minimum atomic E-state index is 0.543. The van der Waals surface area contributed by atoms with Crippen LogP contribution in [0, 0.1) is 12.3 Å². The van der Waals surface area contributed by atoms with E-state index in [1.807, 2.05) is 79.3 Å². The van der Waals surface area contributed by atoms with E-state index in [1.54, 1.807) is 0 Å². The quantitative estimate of drug-likeness (QED) is 0.271. The molecule has 0 amide bonds. The fourth-order valence-electron chi connectivity index (χ4n) is 4.51. The Morgan fingerprint density at radius 1 is 0.579 bits per heavy atom. The largest absolute Gasteiger partial charge is 0.493 e. The van der Waals surface area contributed by atoms with Gasteiger partial charge in [-0.25, -0.2) is 0 Å². The number of rotatable bonds is 9. The first kappa shape index (κ1) is 27.5.